The Balaban J connectivity index is 1.68. The van der Waals surface area contributed by atoms with Gasteiger partial charge in [0.15, 0.2) is 17.3 Å². The summed E-state index contributed by atoms with van der Waals surface area (Å²) in [7, 11) is 0. The molecule has 5 aliphatic rings. The van der Waals surface area contributed by atoms with Crippen molar-refractivity contribution >= 4 is 17.9 Å². The lowest BCUT2D eigenvalue weighted by atomic mass is 9.54. The van der Waals surface area contributed by atoms with Crippen molar-refractivity contribution < 1.29 is 43.2 Å². The van der Waals surface area contributed by atoms with Gasteiger partial charge in [-0.25, -0.2) is 4.79 Å². The van der Waals surface area contributed by atoms with E-state index in [0.29, 0.717) is 19.3 Å². The van der Waals surface area contributed by atoms with Crippen LogP contribution >= 0.6 is 0 Å². The third kappa shape index (κ3) is 2.92. The minimum Gasteiger partial charge on any atom is -0.462 e. The molecule has 0 aromatic carbocycles. The molecule has 10 atom stereocenters. The van der Waals surface area contributed by atoms with Crippen LogP contribution in [0.3, 0.4) is 0 Å². The van der Waals surface area contributed by atoms with E-state index in [0.717, 1.165) is 5.57 Å². The summed E-state index contributed by atoms with van der Waals surface area (Å²) in [6, 6.07) is 0. The van der Waals surface area contributed by atoms with Crippen LogP contribution < -0.4 is 0 Å². The largest absolute Gasteiger partial charge is 0.462 e. The molecule has 5 rings (SSSR count). The predicted molar refractivity (Wildman–Crippen MR) is 116 cm³/mol. The van der Waals surface area contributed by atoms with Crippen LogP contribution in [-0.2, 0) is 38.1 Å². The number of esters is 3. The molecule has 9 nitrogen and oxygen atoms in total. The maximum Gasteiger partial charge on any atom is 0.342 e. The third-order valence-electron chi connectivity index (χ3n) is 9.07. The molecule has 0 radical (unpaired) electrons. The summed E-state index contributed by atoms with van der Waals surface area (Å²) in [6.07, 6.45) is -0.0655. The zero-order valence-corrected chi connectivity index (χ0v) is 20.6. The van der Waals surface area contributed by atoms with Crippen LogP contribution in [0.15, 0.2) is 11.6 Å². The molecule has 3 aliphatic heterocycles. The number of carbonyl (C=O) groups excluding carboxylic acids is 3. The number of hydrogen-bond acceptors (Lipinski definition) is 9. The zero-order valence-electron chi connectivity index (χ0n) is 20.6. The van der Waals surface area contributed by atoms with E-state index < -0.39 is 64.5 Å². The Morgan fingerprint density at radius 3 is 2.53 bits per heavy atom. The topological polar surface area (TPSA) is 124 Å². The predicted octanol–water partition coefficient (Wildman–Crippen LogP) is 1.98. The molecular weight excluding hydrogens is 444 g/mol. The van der Waals surface area contributed by atoms with Crippen molar-refractivity contribution in [3.8, 4) is 0 Å². The Bertz CT molecular complexity index is 975. The van der Waals surface area contributed by atoms with Crippen molar-refractivity contribution in [1.29, 1.82) is 0 Å². The van der Waals surface area contributed by atoms with Gasteiger partial charge >= 0.3 is 17.9 Å². The average Bonchev–Trinajstić information content (AvgIpc) is 3.59. The first-order valence-electron chi connectivity index (χ1n) is 12.2. The Kier molecular flexibility index (Phi) is 5.08. The lowest BCUT2D eigenvalue weighted by molar-refractivity contribution is -0.206. The van der Waals surface area contributed by atoms with Gasteiger partial charge in [-0.05, 0) is 39.7 Å². The highest BCUT2D eigenvalue weighted by Crippen LogP contribution is 2.68. The second kappa shape index (κ2) is 7.27. The Morgan fingerprint density at radius 1 is 1.21 bits per heavy atom. The summed E-state index contributed by atoms with van der Waals surface area (Å²) in [5, 5.41) is 12.1. The van der Waals surface area contributed by atoms with E-state index in [2.05, 4.69) is 0 Å². The summed E-state index contributed by atoms with van der Waals surface area (Å²) in [4.78, 5) is 37.4. The number of ether oxygens (including phenoxy) is 5. The lowest BCUT2D eigenvalue weighted by Gasteiger charge is -2.53. The van der Waals surface area contributed by atoms with Crippen molar-refractivity contribution in [3.63, 3.8) is 0 Å². The average molecular weight is 479 g/mol. The first kappa shape index (κ1) is 23.8. The minimum absolute atomic E-state index is 0.193. The Labute approximate surface area is 199 Å². The highest BCUT2D eigenvalue weighted by molar-refractivity contribution is 5.89. The molecule has 3 saturated heterocycles. The third-order valence-corrected chi connectivity index (χ3v) is 9.07. The van der Waals surface area contributed by atoms with E-state index in [1.165, 1.54) is 6.92 Å². The Morgan fingerprint density at radius 2 is 1.91 bits per heavy atom. The van der Waals surface area contributed by atoms with Gasteiger partial charge in [0, 0.05) is 31.1 Å². The number of epoxide rings is 2. The Hall–Kier alpha value is -1.97. The molecule has 1 N–H and O–H groups in total. The monoisotopic (exact) mass is 478 g/mol. The summed E-state index contributed by atoms with van der Waals surface area (Å²) in [5.74, 6) is -2.00. The van der Waals surface area contributed by atoms with Crippen LogP contribution in [0.25, 0.3) is 0 Å². The number of hydrogen-bond donors (Lipinski definition) is 1. The molecule has 0 unspecified atom stereocenters. The normalized spacial score (nSPS) is 52.4. The van der Waals surface area contributed by atoms with Crippen molar-refractivity contribution in [2.24, 2.45) is 11.3 Å². The van der Waals surface area contributed by atoms with Crippen LogP contribution in [0.1, 0.15) is 67.2 Å². The zero-order chi connectivity index (χ0) is 24.8. The SMILES string of the molecule is CCC(=O)O[C@H]1CC/C(C)=C\[C@H]2OC(=O)[C@]3(C)O[C@]23[C@@H](O)[C@H]2[C@@]3(C)O[C@H]3C[C@H](OC(C)=O)[C@]12C. The number of rotatable bonds is 3. The summed E-state index contributed by atoms with van der Waals surface area (Å²) >= 11 is 0. The maximum atomic E-state index is 12.8. The van der Waals surface area contributed by atoms with Gasteiger partial charge in [0.05, 0.1) is 17.8 Å². The molecule has 188 valence electrons. The summed E-state index contributed by atoms with van der Waals surface area (Å²) < 4.78 is 29.7. The van der Waals surface area contributed by atoms with Crippen molar-refractivity contribution in [2.75, 3.05) is 0 Å². The van der Waals surface area contributed by atoms with E-state index in [-0.39, 0.29) is 18.5 Å². The van der Waals surface area contributed by atoms with Crippen LogP contribution in [0, 0.1) is 11.3 Å². The second-order valence-corrected chi connectivity index (χ2v) is 11.1. The quantitative estimate of drug-likeness (QED) is 0.281. The van der Waals surface area contributed by atoms with Gasteiger partial charge in [-0.1, -0.05) is 19.4 Å². The maximum absolute atomic E-state index is 12.8. The molecule has 9 heteroatoms. The standard InChI is InChI=1S/C25H34O9/c1-7-18(27)31-14-9-8-12(2)10-17-25(24(6,34-25)21(29)32-17)20(28)19-22(14,4)15(30-13(3)26)11-16-23(19,5)33-16/h10,14-17,19-20,28H,7-9,11H2,1-6H3/b12-10-/t14-,15-,16-,17+,19+,20-,22-,23-,24-,25-/m0/s1. The van der Waals surface area contributed by atoms with E-state index in [9.17, 15) is 19.5 Å². The van der Waals surface area contributed by atoms with Crippen molar-refractivity contribution in [1.82, 2.24) is 0 Å². The molecule has 34 heavy (non-hydrogen) atoms. The van der Waals surface area contributed by atoms with Crippen LogP contribution in [0.2, 0.25) is 0 Å². The number of fused-ring (bicyclic) bond motifs is 3. The fourth-order valence-electron chi connectivity index (χ4n) is 7.04. The number of aliphatic hydroxyl groups excluding tert-OH is 1. The number of allylic oxidation sites excluding steroid dienone is 1. The van der Waals surface area contributed by atoms with Gasteiger partial charge < -0.3 is 28.8 Å². The number of aliphatic hydroxyl groups is 1. The highest BCUT2D eigenvalue weighted by Gasteiger charge is 2.88. The smallest absolute Gasteiger partial charge is 0.342 e. The molecule has 0 amide bonds. The molecule has 0 bridgehead atoms. The lowest BCUT2D eigenvalue weighted by Crippen LogP contribution is -2.65. The van der Waals surface area contributed by atoms with Crippen LogP contribution in [-0.4, -0.2) is 70.3 Å². The first-order valence-corrected chi connectivity index (χ1v) is 12.2. The van der Waals surface area contributed by atoms with E-state index in [1.807, 2.05) is 26.8 Å². The highest BCUT2D eigenvalue weighted by atomic mass is 16.7. The summed E-state index contributed by atoms with van der Waals surface area (Å²) in [6.45, 7) is 10.4. The molecule has 4 fully saturated rings. The van der Waals surface area contributed by atoms with Gasteiger partial charge in [-0.3, -0.25) is 9.59 Å². The van der Waals surface area contributed by atoms with E-state index in [4.69, 9.17) is 23.7 Å². The van der Waals surface area contributed by atoms with Crippen LogP contribution in [0.5, 0.6) is 0 Å². The van der Waals surface area contributed by atoms with Gasteiger partial charge in [0.25, 0.3) is 0 Å². The molecule has 3 heterocycles. The number of carbonyl (C=O) groups is 3. The first-order chi connectivity index (χ1) is 15.8. The molecular formula is C25H34O9. The minimum atomic E-state index is -1.30. The molecule has 1 saturated carbocycles. The van der Waals surface area contributed by atoms with E-state index in [1.54, 1.807) is 13.8 Å². The van der Waals surface area contributed by atoms with E-state index >= 15 is 0 Å². The van der Waals surface area contributed by atoms with Crippen molar-refractivity contribution in [3.05, 3.63) is 11.6 Å². The molecule has 2 aliphatic carbocycles. The summed E-state index contributed by atoms with van der Waals surface area (Å²) in [5.41, 5.74) is -3.44. The fraction of sp³-hybridized carbons (Fsp3) is 0.800. The van der Waals surface area contributed by atoms with Gasteiger partial charge in [-0.15, -0.1) is 0 Å². The fourth-order valence-corrected chi connectivity index (χ4v) is 7.04. The van der Waals surface area contributed by atoms with Crippen molar-refractivity contribution in [2.45, 2.75) is 115 Å². The molecule has 0 aromatic heterocycles. The van der Waals surface area contributed by atoms with Crippen LogP contribution in [0.4, 0.5) is 0 Å². The molecule has 1 spiro atoms. The van der Waals surface area contributed by atoms with Gasteiger partial charge in [0.1, 0.15) is 12.2 Å². The second-order valence-electron chi connectivity index (χ2n) is 11.1. The van der Waals surface area contributed by atoms with Gasteiger partial charge in [-0.2, -0.15) is 0 Å². The van der Waals surface area contributed by atoms with Gasteiger partial charge in [0.2, 0.25) is 0 Å². The molecule has 0 aromatic rings.